The van der Waals surface area contributed by atoms with Gasteiger partial charge in [0, 0.05) is 12.6 Å². The van der Waals surface area contributed by atoms with Crippen molar-refractivity contribution in [1.82, 2.24) is 9.88 Å². The molecular weight excluding hydrogens is 680 g/mol. The second kappa shape index (κ2) is 13.8. The Morgan fingerprint density at radius 3 is 1.90 bits per heavy atom. The second-order valence-electron chi connectivity index (χ2n) is 14.2. The van der Waals surface area contributed by atoms with Gasteiger partial charge in [-0.25, -0.2) is 9.59 Å². The zero-order chi connectivity index (χ0) is 38.4. The monoisotopic (exact) mass is 721 g/mol. The summed E-state index contributed by atoms with van der Waals surface area (Å²) in [5, 5.41) is 0. The predicted molar refractivity (Wildman–Crippen MR) is 178 cm³/mol. The number of hydrogen-bond acceptors (Lipinski definition) is 6. The van der Waals surface area contributed by atoms with Crippen LogP contribution in [0.25, 0.3) is 11.1 Å². The number of halogens is 6. The fourth-order valence-electron chi connectivity index (χ4n) is 6.25. The Labute approximate surface area is 292 Å². The summed E-state index contributed by atoms with van der Waals surface area (Å²) in [6.45, 7) is 11.3. The third-order valence-electron chi connectivity index (χ3n) is 8.89. The van der Waals surface area contributed by atoms with Crippen molar-refractivity contribution >= 4 is 23.7 Å². The Bertz CT molecular complexity index is 1800. The lowest BCUT2D eigenvalue weighted by molar-refractivity contribution is -0.146. The SMILES string of the molecule is COC(=O)[C@H]1CC[C@H](c2cc(-c3ccc(C)cc3C)c(N(C)C(=O)C(C)(C)c3cc(C(F)(F)F)cc(C(F)(F)F)c3)cn2)N1C(=O)OC(C)(C)C. The van der Waals surface area contributed by atoms with E-state index in [0.717, 1.165) is 16.0 Å². The van der Waals surface area contributed by atoms with Crippen LogP contribution >= 0.6 is 0 Å². The molecule has 4 rings (SSSR count). The van der Waals surface area contributed by atoms with Gasteiger partial charge in [-0.3, -0.25) is 14.7 Å². The van der Waals surface area contributed by atoms with Crippen LogP contribution in [0.1, 0.15) is 87.0 Å². The molecule has 2 aromatic carbocycles. The maximum Gasteiger partial charge on any atom is 0.416 e. The summed E-state index contributed by atoms with van der Waals surface area (Å²) in [6.07, 6.45) is -9.02. The van der Waals surface area contributed by atoms with Crippen LogP contribution < -0.4 is 4.90 Å². The highest BCUT2D eigenvalue weighted by molar-refractivity contribution is 6.03. The Kier molecular flexibility index (Phi) is 10.6. The molecule has 8 nitrogen and oxygen atoms in total. The van der Waals surface area contributed by atoms with Gasteiger partial charge in [0.25, 0.3) is 0 Å². The number of anilines is 1. The summed E-state index contributed by atoms with van der Waals surface area (Å²) in [4.78, 5) is 47.5. The van der Waals surface area contributed by atoms with E-state index in [9.17, 15) is 40.7 Å². The van der Waals surface area contributed by atoms with Crippen molar-refractivity contribution in [2.45, 2.75) is 96.8 Å². The van der Waals surface area contributed by atoms with E-state index in [2.05, 4.69) is 4.98 Å². The number of esters is 1. The third-order valence-corrected chi connectivity index (χ3v) is 8.89. The van der Waals surface area contributed by atoms with Gasteiger partial charge in [-0.15, -0.1) is 0 Å². The predicted octanol–water partition coefficient (Wildman–Crippen LogP) is 8.96. The van der Waals surface area contributed by atoms with Gasteiger partial charge in [0.15, 0.2) is 0 Å². The van der Waals surface area contributed by atoms with Crippen LogP contribution in [-0.2, 0) is 36.8 Å². The average molecular weight is 722 g/mol. The van der Waals surface area contributed by atoms with E-state index in [4.69, 9.17) is 9.47 Å². The molecule has 3 aromatic rings. The number of alkyl halides is 6. The molecule has 276 valence electrons. The maximum atomic E-state index is 14.2. The number of nitrogens with zero attached hydrogens (tertiary/aromatic N) is 3. The second-order valence-corrected chi connectivity index (χ2v) is 14.2. The number of carbonyl (C=O) groups excluding carboxylic acids is 3. The number of ether oxygens (including phenoxy) is 2. The zero-order valence-corrected chi connectivity index (χ0v) is 29.8. The van der Waals surface area contributed by atoms with Gasteiger partial charge in [-0.05, 0) is 102 Å². The molecule has 0 bridgehead atoms. The van der Waals surface area contributed by atoms with Gasteiger partial charge in [0.2, 0.25) is 5.91 Å². The number of carbonyl (C=O) groups is 3. The molecule has 0 aliphatic carbocycles. The van der Waals surface area contributed by atoms with Crippen molar-refractivity contribution in [2.24, 2.45) is 0 Å². The molecule has 51 heavy (non-hydrogen) atoms. The number of pyridine rings is 1. The molecule has 1 aliphatic rings. The van der Waals surface area contributed by atoms with Crippen LogP contribution in [-0.4, -0.2) is 53.7 Å². The van der Waals surface area contributed by atoms with Crippen LogP contribution in [0.3, 0.4) is 0 Å². The smallest absolute Gasteiger partial charge is 0.416 e. The largest absolute Gasteiger partial charge is 0.467 e. The highest BCUT2D eigenvalue weighted by Crippen LogP contribution is 2.43. The van der Waals surface area contributed by atoms with Crippen molar-refractivity contribution in [1.29, 1.82) is 0 Å². The molecule has 14 heteroatoms. The minimum atomic E-state index is -5.10. The average Bonchev–Trinajstić information content (AvgIpc) is 3.47. The lowest BCUT2D eigenvalue weighted by Crippen LogP contribution is -2.45. The Hall–Kier alpha value is -4.62. The van der Waals surface area contributed by atoms with Gasteiger partial charge in [0.1, 0.15) is 11.6 Å². The van der Waals surface area contributed by atoms with Crippen molar-refractivity contribution < 1.29 is 50.2 Å². The van der Waals surface area contributed by atoms with Crippen molar-refractivity contribution in [3.8, 4) is 11.1 Å². The molecule has 0 saturated carbocycles. The lowest BCUT2D eigenvalue weighted by atomic mass is 9.81. The molecule has 0 radical (unpaired) electrons. The van der Waals surface area contributed by atoms with Crippen molar-refractivity contribution in [3.05, 3.63) is 82.2 Å². The number of methoxy groups -OCH3 is 1. The van der Waals surface area contributed by atoms with E-state index in [1.54, 1.807) is 26.8 Å². The number of aryl methyl sites for hydroxylation is 2. The first kappa shape index (κ1) is 39.2. The number of rotatable bonds is 6. The highest BCUT2D eigenvalue weighted by atomic mass is 19.4. The molecule has 2 amide bonds. The minimum absolute atomic E-state index is 0.0169. The Balaban J connectivity index is 1.87. The quantitative estimate of drug-likeness (QED) is 0.187. The Morgan fingerprint density at radius 2 is 1.39 bits per heavy atom. The van der Waals surface area contributed by atoms with Gasteiger partial charge in [-0.1, -0.05) is 23.8 Å². The minimum Gasteiger partial charge on any atom is -0.467 e. The molecule has 1 aliphatic heterocycles. The summed E-state index contributed by atoms with van der Waals surface area (Å²) >= 11 is 0. The molecular formula is C37H41F6N3O5. The third kappa shape index (κ3) is 8.31. The molecule has 1 fully saturated rings. The number of likely N-dealkylation sites (tertiary alicyclic amines) is 1. The molecule has 0 unspecified atom stereocenters. The normalized spacial score (nSPS) is 17.0. The van der Waals surface area contributed by atoms with Crippen LogP contribution in [0.15, 0.2) is 48.7 Å². The number of aromatic nitrogens is 1. The van der Waals surface area contributed by atoms with E-state index in [-0.39, 0.29) is 18.2 Å². The topological polar surface area (TPSA) is 89.0 Å². The van der Waals surface area contributed by atoms with E-state index < -0.39 is 70.1 Å². The van der Waals surface area contributed by atoms with Crippen molar-refractivity contribution in [3.63, 3.8) is 0 Å². The summed E-state index contributed by atoms with van der Waals surface area (Å²) in [6, 6.07) is 6.65. The summed E-state index contributed by atoms with van der Waals surface area (Å²) in [5.74, 6) is -1.44. The number of hydrogen-bond donors (Lipinski definition) is 0. The molecule has 1 aromatic heterocycles. The number of benzene rings is 2. The Morgan fingerprint density at radius 1 is 0.824 bits per heavy atom. The first-order valence-corrected chi connectivity index (χ1v) is 16.1. The van der Waals surface area contributed by atoms with E-state index in [0.29, 0.717) is 35.4 Å². The number of amides is 2. The molecule has 2 atom stereocenters. The highest BCUT2D eigenvalue weighted by Gasteiger charge is 2.46. The standard InChI is InChI=1S/C37H41F6N3O5/c1-20-10-11-25(21(2)14-20)26-18-27(28-12-13-29(31(47)50-9)46(28)33(49)51-34(3,4)5)44-19-30(26)45(8)32(48)35(6,7)22-15-23(36(38,39)40)17-24(16-22)37(41,42)43/h10-11,14-19,28-29H,12-13H2,1-9H3/t28-,29-/m1/s1. The molecule has 0 spiro atoms. The van der Waals surface area contributed by atoms with Gasteiger partial charge >= 0.3 is 24.4 Å². The maximum absolute atomic E-state index is 14.2. The summed E-state index contributed by atoms with van der Waals surface area (Å²) in [5.41, 5.74) is -2.90. The first-order chi connectivity index (χ1) is 23.4. The van der Waals surface area contributed by atoms with Crippen molar-refractivity contribution in [2.75, 3.05) is 19.1 Å². The zero-order valence-electron chi connectivity index (χ0n) is 29.8. The fraction of sp³-hybridized carbons (Fsp3) is 0.459. The lowest BCUT2D eigenvalue weighted by Gasteiger charge is -2.33. The van der Waals surface area contributed by atoms with E-state index in [1.807, 2.05) is 32.0 Å². The van der Waals surface area contributed by atoms with Gasteiger partial charge in [0.05, 0.1) is 47.3 Å². The molecule has 1 saturated heterocycles. The van der Waals surface area contributed by atoms with Crippen LogP contribution in [0.4, 0.5) is 36.8 Å². The van der Waals surface area contributed by atoms with E-state index >= 15 is 0 Å². The first-order valence-electron chi connectivity index (χ1n) is 16.1. The fourth-order valence-corrected chi connectivity index (χ4v) is 6.25. The number of likely N-dealkylation sites (N-methyl/N-ethyl adjacent to an activating group) is 1. The van der Waals surface area contributed by atoms with Crippen LogP contribution in [0, 0.1) is 13.8 Å². The van der Waals surface area contributed by atoms with Gasteiger partial charge < -0.3 is 14.4 Å². The summed E-state index contributed by atoms with van der Waals surface area (Å²) < 4.78 is 93.0. The molecule has 0 N–H and O–H groups in total. The molecule has 2 heterocycles. The van der Waals surface area contributed by atoms with Gasteiger partial charge in [-0.2, -0.15) is 26.3 Å². The summed E-state index contributed by atoms with van der Waals surface area (Å²) in [7, 11) is 2.58. The van der Waals surface area contributed by atoms with Crippen LogP contribution in [0.2, 0.25) is 0 Å². The van der Waals surface area contributed by atoms with E-state index in [1.165, 1.54) is 39.1 Å². The van der Waals surface area contributed by atoms with Crippen LogP contribution in [0.5, 0.6) is 0 Å².